The van der Waals surface area contributed by atoms with E-state index < -0.39 is 11.9 Å². The monoisotopic (exact) mass is 429 g/mol. The molecule has 30 heavy (non-hydrogen) atoms. The van der Waals surface area contributed by atoms with Gasteiger partial charge < -0.3 is 14.8 Å². The van der Waals surface area contributed by atoms with Crippen LogP contribution in [0.15, 0.2) is 35.4 Å². The molecule has 2 heterocycles. The van der Waals surface area contributed by atoms with Crippen LogP contribution in [0.1, 0.15) is 29.1 Å². The van der Waals surface area contributed by atoms with Crippen LogP contribution in [0, 0.1) is 12.8 Å². The lowest BCUT2D eigenvalue weighted by Crippen LogP contribution is -2.28. The number of methoxy groups -OCH3 is 1. The topological polar surface area (TPSA) is 99.5 Å². The molecular formula is C21H23N3O5S. The lowest BCUT2D eigenvalue weighted by Gasteiger charge is -2.10. The quantitative estimate of drug-likeness (QED) is 0.579. The number of amides is 1. The predicted octanol–water partition coefficient (Wildman–Crippen LogP) is 3.23. The number of aromatic nitrogens is 2. The number of thiophene rings is 1. The van der Waals surface area contributed by atoms with Crippen LogP contribution in [0.3, 0.4) is 0 Å². The van der Waals surface area contributed by atoms with Gasteiger partial charge in [-0.3, -0.25) is 14.2 Å². The third-order valence-corrected chi connectivity index (χ3v) is 5.53. The molecule has 3 rings (SSSR count). The van der Waals surface area contributed by atoms with Gasteiger partial charge in [0.25, 0.3) is 5.56 Å². The second-order valence-corrected chi connectivity index (χ2v) is 8.15. The maximum absolute atomic E-state index is 12.9. The number of hydrogen-bond acceptors (Lipinski definition) is 7. The zero-order chi connectivity index (χ0) is 21.8. The van der Waals surface area contributed by atoms with Crippen molar-refractivity contribution < 1.29 is 19.1 Å². The first kappa shape index (κ1) is 21.5. The molecule has 9 heteroatoms. The van der Waals surface area contributed by atoms with E-state index in [0.29, 0.717) is 38.7 Å². The van der Waals surface area contributed by atoms with Gasteiger partial charge in [0.2, 0.25) is 5.91 Å². The molecule has 8 nitrogen and oxygen atoms in total. The van der Waals surface area contributed by atoms with Crippen LogP contribution in [-0.4, -0.2) is 35.1 Å². The Labute approximate surface area is 177 Å². The number of nitrogens with one attached hydrogen (secondary N) is 1. The van der Waals surface area contributed by atoms with E-state index in [9.17, 15) is 14.4 Å². The van der Waals surface area contributed by atoms with Gasteiger partial charge in [-0.25, -0.2) is 9.78 Å². The molecule has 1 aromatic carbocycles. The summed E-state index contributed by atoms with van der Waals surface area (Å²) in [5.41, 5.74) is 0.640. The molecule has 0 aliphatic carbocycles. The minimum absolute atomic E-state index is 0.209. The van der Waals surface area contributed by atoms with E-state index >= 15 is 0 Å². The highest BCUT2D eigenvalue weighted by Gasteiger charge is 2.21. The highest BCUT2D eigenvalue weighted by Crippen LogP contribution is 2.27. The zero-order valence-electron chi connectivity index (χ0n) is 17.2. The van der Waals surface area contributed by atoms with Gasteiger partial charge in [-0.1, -0.05) is 26.0 Å². The van der Waals surface area contributed by atoms with Crippen molar-refractivity contribution in [1.29, 1.82) is 0 Å². The van der Waals surface area contributed by atoms with Gasteiger partial charge in [0.05, 0.1) is 31.1 Å². The van der Waals surface area contributed by atoms with Crippen LogP contribution in [0.25, 0.3) is 10.2 Å². The fraction of sp³-hybridized carbons (Fsp3) is 0.333. The van der Waals surface area contributed by atoms with E-state index in [0.717, 1.165) is 11.3 Å². The minimum atomic E-state index is -0.468. The maximum Gasteiger partial charge on any atom is 0.348 e. The highest BCUT2D eigenvalue weighted by atomic mass is 32.1. The molecule has 1 amide bonds. The molecule has 0 fully saturated rings. The van der Waals surface area contributed by atoms with Gasteiger partial charge in [0.1, 0.15) is 22.0 Å². The summed E-state index contributed by atoms with van der Waals surface area (Å²) in [5.74, 6) is -0.137. The Morgan fingerprint density at radius 3 is 2.70 bits per heavy atom. The Hall–Kier alpha value is -3.20. The fourth-order valence-electron chi connectivity index (χ4n) is 2.87. The third kappa shape index (κ3) is 4.51. The first-order valence-corrected chi connectivity index (χ1v) is 10.2. The fourth-order valence-corrected chi connectivity index (χ4v) is 3.90. The Morgan fingerprint density at radius 2 is 2.00 bits per heavy atom. The van der Waals surface area contributed by atoms with Crippen LogP contribution in [0.4, 0.5) is 5.69 Å². The molecule has 0 saturated carbocycles. The highest BCUT2D eigenvalue weighted by molar-refractivity contribution is 7.20. The van der Waals surface area contributed by atoms with Crippen molar-refractivity contribution >= 4 is 39.1 Å². The minimum Gasteiger partial charge on any atom is -0.495 e. The third-order valence-electron chi connectivity index (χ3n) is 4.35. The van der Waals surface area contributed by atoms with E-state index in [4.69, 9.17) is 9.47 Å². The zero-order valence-corrected chi connectivity index (χ0v) is 18.0. The molecule has 1 N–H and O–H groups in total. The molecular weight excluding hydrogens is 406 g/mol. The lowest BCUT2D eigenvalue weighted by atomic mass is 10.2. The van der Waals surface area contributed by atoms with Crippen molar-refractivity contribution in [3.63, 3.8) is 0 Å². The number of ether oxygens (including phenoxy) is 2. The number of rotatable bonds is 7. The normalized spacial score (nSPS) is 11.0. The van der Waals surface area contributed by atoms with Crippen LogP contribution in [-0.2, 0) is 16.1 Å². The number of carbonyl (C=O) groups excluding carboxylic acids is 2. The summed E-state index contributed by atoms with van der Waals surface area (Å²) in [5, 5.41) is 3.05. The number of anilines is 1. The smallest absolute Gasteiger partial charge is 0.348 e. The summed E-state index contributed by atoms with van der Waals surface area (Å²) in [7, 11) is 1.51. The van der Waals surface area contributed by atoms with E-state index in [1.54, 1.807) is 31.2 Å². The van der Waals surface area contributed by atoms with Gasteiger partial charge in [0, 0.05) is 0 Å². The predicted molar refractivity (Wildman–Crippen MR) is 115 cm³/mol. The summed E-state index contributed by atoms with van der Waals surface area (Å²) in [6.07, 6.45) is 1.31. The Morgan fingerprint density at radius 1 is 1.27 bits per heavy atom. The van der Waals surface area contributed by atoms with E-state index in [-0.39, 0.29) is 18.0 Å². The van der Waals surface area contributed by atoms with Crippen molar-refractivity contribution in [2.75, 3.05) is 19.0 Å². The van der Waals surface area contributed by atoms with E-state index in [1.165, 1.54) is 18.0 Å². The lowest BCUT2D eigenvalue weighted by molar-refractivity contribution is -0.116. The average molecular weight is 429 g/mol. The number of benzene rings is 1. The summed E-state index contributed by atoms with van der Waals surface area (Å²) < 4.78 is 11.7. The van der Waals surface area contributed by atoms with Gasteiger partial charge in [0.15, 0.2) is 0 Å². The molecule has 0 aliphatic rings. The van der Waals surface area contributed by atoms with E-state index in [1.807, 2.05) is 13.8 Å². The number of carbonyl (C=O) groups is 2. The molecule has 0 bridgehead atoms. The Balaban J connectivity index is 1.84. The molecule has 0 radical (unpaired) electrons. The summed E-state index contributed by atoms with van der Waals surface area (Å²) in [4.78, 5) is 42.8. The Kier molecular flexibility index (Phi) is 6.51. The standard InChI is InChI=1S/C21H23N3O5S/c1-12(2)10-29-21(27)18-13(3)17-19(30-18)22-11-24(20(17)26)9-16(25)23-14-7-5-6-8-15(14)28-4/h5-8,11-12H,9-10H2,1-4H3,(H,23,25). The molecule has 2 aromatic heterocycles. The summed E-state index contributed by atoms with van der Waals surface area (Å²) >= 11 is 1.12. The van der Waals surface area contributed by atoms with Crippen LogP contribution in [0.2, 0.25) is 0 Å². The molecule has 0 aliphatic heterocycles. The van der Waals surface area contributed by atoms with Gasteiger partial charge in [-0.2, -0.15) is 0 Å². The number of fused-ring (bicyclic) bond motifs is 1. The number of nitrogens with zero attached hydrogens (tertiary/aromatic N) is 2. The average Bonchev–Trinajstić information content (AvgIpc) is 3.06. The first-order valence-electron chi connectivity index (χ1n) is 9.40. The van der Waals surface area contributed by atoms with Crippen LogP contribution < -0.4 is 15.6 Å². The van der Waals surface area contributed by atoms with Crippen molar-refractivity contribution in [1.82, 2.24) is 9.55 Å². The van der Waals surface area contributed by atoms with Crippen molar-refractivity contribution in [3.8, 4) is 5.75 Å². The molecule has 3 aromatic rings. The SMILES string of the molecule is COc1ccccc1NC(=O)Cn1cnc2sc(C(=O)OCC(C)C)c(C)c2c1=O. The van der Waals surface area contributed by atoms with Gasteiger partial charge >= 0.3 is 5.97 Å². The van der Waals surface area contributed by atoms with Gasteiger partial charge in [-0.15, -0.1) is 11.3 Å². The van der Waals surface area contributed by atoms with Crippen molar-refractivity contribution in [2.24, 2.45) is 5.92 Å². The molecule has 0 atom stereocenters. The molecule has 0 saturated heterocycles. The Bertz CT molecular complexity index is 1150. The number of para-hydroxylation sites is 2. The number of hydrogen-bond donors (Lipinski definition) is 1. The van der Waals surface area contributed by atoms with Crippen molar-refractivity contribution in [2.45, 2.75) is 27.3 Å². The maximum atomic E-state index is 12.9. The van der Waals surface area contributed by atoms with Gasteiger partial charge in [-0.05, 0) is 30.5 Å². The second-order valence-electron chi connectivity index (χ2n) is 7.15. The summed E-state index contributed by atoms with van der Waals surface area (Å²) in [6, 6.07) is 7.00. The van der Waals surface area contributed by atoms with Crippen LogP contribution in [0.5, 0.6) is 5.75 Å². The van der Waals surface area contributed by atoms with Crippen LogP contribution >= 0.6 is 11.3 Å². The largest absolute Gasteiger partial charge is 0.495 e. The number of aryl methyl sites for hydroxylation is 1. The second kappa shape index (κ2) is 9.08. The molecule has 0 spiro atoms. The molecule has 0 unspecified atom stereocenters. The van der Waals surface area contributed by atoms with E-state index in [2.05, 4.69) is 10.3 Å². The first-order chi connectivity index (χ1) is 14.3. The number of esters is 1. The van der Waals surface area contributed by atoms with Crippen molar-refractivity contribution in [3.05, 3.63) is 51.4 Å². The summed E-state index contributed by atoms with van der Waals surface area (Å²) in [6.45, 7) is 5.66. The molecule has 158 valence electrons.